The number of fused-ring (bicyclic) bond motifs is 1. The predicted octanol–water partition coefficient (Wildman–Crippen LogP) is 2.34. The van der Waals surface area contributed by atoms with Crippen molar-refractivity contribution in [1.29, 1.82) is 5.26 Å². The lowest BCUT2D eigenvalue weighted by Crippen LogP contribution is -2.20. The highest BCUT2D eigenvalue weighted by molar-refractivity contribution is 5.77. The molecule has 9 nitrogen and oxygen atoms in total. The maximum absolute atomic E-state index is 12.4. The van der Waals surface area contributed by atoms with E-state index in [2.05, 4.69) is 20.2 Å². The van der Waals surface area contributed by atoms with Crippen molar-refractivity contribution in [2.75, 3.05) is 0 Å². The topological polar surface area (TPSA) is 139 Å². The van der Waals surface area contributed by atoms with Gasteiger partial charge in [0.15, 0.2) is 5.69 Å². The SMILES string of the molecule is CCn1c(O)c(C#N)c(C)c(N=Nc2ccc3[nH]c(=O)[nH]c3c2)c1=O. The zero-order valence-electron chi connectivity index (χ0n) is 13.5. The van der Waals surface area contributed by atoms with E-state index in [0.29, 0.717) is 16.7 Å². The normalized spacial score (nSPS) is 11.2. The number of aromatic amines is 2. The van der Waals surface area contributed by atoms with Crippen molar-refractivity contribution in [2.45, 2.75) is 20.4 Å². The Morgan fingerprint density at radius 2 is 1.96 bits per heavy atom. The Labute approximate surface area is 140 Å². The van der Waals surface area contributed by atoms with Gasteiger partial charge in [-0.3, -0.25) is 9.36 Å². The number of imidazole rings is 1. The van der Waals surface area contributed by atoms with Gasteiger partial charge < -0.3 is 15.1 Å². The summed E-state index contributed by atoms with van der Waals surface area (Å²) >= 11 is 0. The summed E-state index contributed by atoms with van der Waals surface area (Å²) in [5.74, 6) is -0.377. The van der Waals surface area contributed by atoms with Crippen LogP contribution in [0.3, 0.4) is 0 Å². The molecule has 0 radical (unpaired) electrons. The molecule has 126 valence electrons. The third-order valence-corrected chi connectivity index (χ3v) is 3.85. The predicted molar refractivity (Wildman–Crippen MR) is 90.6 cm³/mol. The Balaban J connectivity index is 2.12. The number of nitrogens with one attached hydrogen (secondary N) is 2. The highest BCUT2D eigenvalue weighted by Crippen LogP contribution is 2.27. The van der Waals surface area contributed by atoms with Crippen LogP contribution in [0, 0.1) is 18.3 Å². The van der Waals surface area contributed by atoms with Crippen molar-refractivity contribution in [3.63, 3.8) is 0 Å². The van der Waals surface area contributed by atoms with Gasteiger partial charge in [-0.1, -0.05) is 0 Å². The fourth-order valence-electron chi connectivity index (χ4n) is 2.54. The summed E-state index contributed by atoms with van der Waals surface area (Å²) in [7, 11) is 0. The Bertz CT molecular complexity index is 1160. The smallest absolute Gasteiger partial charge is 0.323 e. The largest absolute Gasteiger partial charge is 0.493 e. The molecule has 0 fully saturated rings. The van der Waals surface area contributed by atoms with Crippen LogP contribution in [0.4, 0.5) is 11.4 Å². The standard InChI is InChI=1S/C16H14N6O3/c1-3-22-14(23)10(7-17)8(2)13(15(22)24)21-20-9-4-5-11-12(6-9)19-16(25)18-11/h4-6,23H,3H2,1-2H3,(H2,18,19,25). The third kappa shape index (κ3) is 2.70. The maximum atomic E-state index is 12.4. The molecule has 0 unspecified atom stereocenters. The summed E-state index contributed by atoms with van der Waals surface area (Å²) in [4.78, 5) is 28.9. The van der Waals surface area contributed by atoms with Gasteiger partial charge in [-0.05, 0) is 32.0 Å². The lowest BCUT2D eigenvalue weighted by Gasteiger charge is -2.10. The quantitative estimate of drug-likeness (QED) is 0.630. The highest BCUT2D eigenvalue weighted by atomic mass is 16.3. The van der Waals surface area contributed by atoms with Crippen molar-refractivity contribution in [2.24, 2.45) is 10.2 Å². The third-order valence-electron chi connectivity index (χ3n) is 3.85. The van der Waals surface area contributed by atoms with Crippen molar-refractivity contribution >= 4 is 22.4 Å². The van der Waals surface area contributed by atoms with Crippen LogP contribution < -0.4 is 11.2 Å². The molecule has 0 aliphatic heterocycles. The van der Waals surface area contributed by atoms with E-state index in [-0.39, 0.29) is 34.9 Å². The number of nitrogens with zero attached hydrogens (tertiary/aromatic N) is 4. The molecule has 0 saturated carbocycles. The molecule has 3 aromatic rings. The van der Waals surface area contributed by atoms with Crippen LogP contribution in [0.1, 0.15) is 18.1 Å². The fraction of sp³-hybridized carbons (Fsp3) is 0.188. The first kappa shape index (κ1) is 16.2. The summed E-state index contributed by atoms with van der Waals surface area (Å²) in [6.07, 6.45) is 0. The van der Waals surface area contributed by atoms with E-state index in [1.54, 1.807) is 25.1 Å². The van der Waals surface area contributed by atoms with Crippen LogP contribution in [0.15, 0.2) is 38.0 Å². The number of pyridine rings is 1. The van der Waals surface area contributed by atoms with Gasteiger partial charge in [0.25, 0.3) is 5.56 Å². The van der Waals surface area contributed by atoms with E-state index in [4.69, 9.17) is 0 Å². The van der Waals surface area contributed by atoms with Gasteiger partial charge in [-0.15, -0.1) is 5.11 Å². The molecular formula is C16H14N6O3. The second kappa shape index (κ2) is 6.09. The number of benzene rings is 1. The van der Waals surface area contributed by atoms with Gasteiger partial charge in [0, 0.05) is 12.1 Å². The van der Waals surface area contributed by atoms with Crippen molar-refractivity contribution in [3.8, 4) is 11.9 Å². The van der Waals surface area contributed by atoms with Crippen LogP contribution in [-0.4, -0.2) is 19.6 Å². The molecule has 0 spiro atoms. The highest BCUT2D eigenvalue weighted by Gasteiger charge is 2.18. The van der Waals surface area contributed by atoms with Crippen LogP contribution in [-0.2, 0) is 6.54 Å². The Hall–Kier alpha value is -3.67. The first-order chi connectivity index (χ1) is 12.0. The molecule has 3 rings (SSSR count). The summed E-state index contributed by atoms with van der Waals surface area (Å²) in [5, 5.41) is 27.2. The summed E-state index contributed by atoms with van der Waals surface area (Å²) in [6, 6.07) is 6.78. The summed E-state index contributed by atoms with van der Waals surface area (Å²) in [6.45, 7) is 3.40. The zero-order valence-corrected chi connectivity index (χ0v) is 13.5. The first-order valence-electron chi connectivity index (χ1n) is 7.46. The minimum absolute atomic E-state index is 0.0131. The lowest BCUT2D eigenvalue weighted by atomic mass is 10.1. The van der Waals surface area contributed by atoms with Crippen molar-refractivity contribution in [3.05, 3.63) is 50.2 Å². The van der Waals surface area contributed by atoms with Gasteiger partial charge >= 0.3 is 5.69 Å². The van der Waals surface area contributed by atoms with Crippen LogP contribution >= 0.6 is 0 Å². The van der Waals surface area contributed by atoms with Gasteiger partial charge in [-0.25, -0.2) is 4.79 Å². The Morgan fingerprint density at radius 3 is 2.64 bits per heavy atom. The maximum Gasteiger partial charge on any atom is 0.323 e. The summed E-state index contributed by atoms with van der Waals surface area (Å²) in [5.41, 5.74) is 0.988. The van der Waals surface area contributed by atoms with Crippen molar-refractivity contribution in [1.82, 2.24) is 14.5 Å². The zero-order chi connectivity index (χ0) is 18.1. The van der Waals surface area contributed by atoms with Gasteiger partial charge in [0.1, 0.15) is 11.6 Å². The molecule has 9 heteroatoms. The monoisotopic (exact) mass is 338 g/mol. The van der Waals surface area contributed by atoms with Gasteiger partial charge in [0.2, 0.25) is 5.88 Å². The molecular weight excluding hydrogens is 324 g/mol. The molecule has 0 amide bonds. The minimum Gasteiger partial charge on any atom is -0.493 e. The number of rotatable bonds is 3. The van der Waals surface area contributed by atoms with E-state index >= 15 is 0 Å². The molecule has 0 saturated heterocycles. The molecule has 0 aliphatic carbocycles. The molecule has 2 aromatic heterocycles. The lowest BCUT2D eigenvalue weighted by molar-refractivity contribution is 0.409. The Kier molecular flexibility index (Phi) is 3.94. The molecule has 3 N–H and O–H groups in total. The van der Waals surface area contributed by atoms with E-state index in [1.165, 1.54) is 6.92 Å². The Morgan fingerprint density at radius 1 is 1.24 bits per heavy atom. The van der Waals surface area contributed by atoms with Gasteiger partial charge in [-0.2, -0.15) is 10.4 Å². The van der Waals surface area contributed by atoms with Gasteiger partial charge in [0.05, 0.1) is 16.7 Å². The number of hydrogen-bond donors (Lipinski definition) is 3. The molecule has 1 aromatic carbocycles. The number of aromatic nitrogens is 3. The second-order valence-electron chi connectivity index (χ2n) is 5.34. The average Bonchev–Trinajstić information content (AvgIpc) is 2.94. The number of nitriles is 1. The number of azo groups is 1. The number of aromatic hydroxyl groups is 1. The van der Waals surface area contributed by atoms with Crippen molar-refractivity contribution < 1.29 is 5.11 Å². The molecule has 25 heavy (non-hydrogen) atoms. The average molecular weight is 338 g/mol. The fourth-order valence-corrected chi connectivity index (χ4v) is 2.54. The second-order valence-corrected chi connectivity index (χ2v) is 5.34. The van der Waals surface area contributed by atoms with Crippen LogP contribution in [0.25, 0.3) is 11.0 Å². The number of hydrogen-bond acceptors (Lipinski definition) is 6. The summed E-state index contributed by atoms with van der Waals surface area (Å²) < 4.78 is 1.06. The van der Waals surface area contributed by atoms with E-state index in [1.807, 2.05) is 6.07 Å². The number of H-pyrrole nitrogens is 2. The molecule has 0 bridgehead atoms. The molecule has 0 atom stereocenters. The van der Waals surface area contributed by atoms with Crippen LogP contribution in [0.5, 0.6) is 5.88 Å². The van der Waals surface area contributed by atoms with E-state index in [0.717, 1.165) is 4.57 Å². The minimum atomic E-state index is -0.531. The molecule has 0 aliphatic rings. The molecule has 2 heterocycles. The van der Waals surface area contributed by atoms with Crippen LogP contribution in [0.2, 0.25) is 0 Å². The van der Waals surface area contributed by atoms with E-state index in [9.17, 15) is 20.0 Å². The first-order valence-corrected chi connectivity index (χ1v) is 7.46. The van der Waals surface area contributed by atoms with E-state index < -0.39 is 5.56 Å².